The number of anilines is 1. The van der Waals surface area contributed by atoms with Gasteiger partial charge in [-0.1, -0.05) is 6.07 Å². The zero-order chi connectivity index (χ0) is 15.3. The Labute approximate surface area is 126 Å². The first-order valence-electron chi connectivity index (χ1n) is 7.00. The first-order chi connectivity index (χ1) is 10.6. The fraction of sp³-hybridized carbons (Fsp3) is 0.0588. The number of nitrogens with one attached hydrogen (secondary N) is 1. The molecule has 5 nitrogen and oxygen atoms in total. The highest BCUT2D eigenvalue weighted by Crippen LogP contribution is 2.22. The lowest BCUT2D eigenvalue weighted by Crippen LogP contribution is -2.13. The van der Waals surface area contributed by atoms with Crippen LogP contribution in [0.15, 0.2) is 48.7 Å². The number of benzene rings is 2. The molecule has 22 heavy (non-hydrogen) atoms. The van der Waals surface area contributed by atoms with Gasteiger partial charge in [-0.15, -0.1) is 0 Å². The zero-order valence-corrected chi connectivity index (χ0v) is 12.0. The molecule has 0 atom stereocenters. The Morgan fingerprint density at radius 1 is 1.18 bits per heavy atom. The third kappa shape index (κ3) is 1.79. The van der Waals surface area contributed by atoms with Crippen LogP contribution in [-0.4, -0.2) is 20.4 Å². The molecule has 108 valence electrons. The second-order valence-electron chi connectivity index (χ2n) is 5.33. The summed E-state index contributed by atoms with van der Waals surface area (Å²) in [6, 6.07) is 13.0. The number of carbonyl (C=O) groups is 1. The lowest BCUT2D eigenvalue weighted by molar-refractivity contribution is 0.0962. The van der Waals surface area contributed by atoms with Crippen molar-refractivity contribution < 1.29 is 4.79 Å². The zero-order valence-electron chi connectivity index (χ0n) is 12.0. The molecule has 0 saturated heterocycles. The van der Waals surface area contributed by atoms with Gasteiger partial charge in [0.2, 0.25) is 0 Å². The van der Waals surface area contributed by atoms with Crippen LogP contribution in [0.3, 0.4) is 0 Å². The van der Waals surface area contributed by atoms with Gasteiger partial charge in [0.05, 0.1) is 11.0 Å². The number of rotatable bonds is 1. The van der Waals surface area contributed by atoms with Gasteiger partial charge in [0.1, 0.15) is 5.82 Å². The number of nitrogens with zero attached hydrogens (tertiary/aromatic N) is 2. The Morgan fingerprint density at radius 2 is 2.05 bits per heavy atom. The van der Waals surface area contributed by atoms with Crippen molar-refractivity contribution in [2.75, 3.05) is 5.73 Å². The smallest absolute Gasteiger partial charge is 0.263 e. The van der Waals surface area contributed by atoms with Crippen molar-refractivity contribution in [1.29, 1.82) is 0 Å². The Kier molecular flexibility index (Phi) is 2.56. The largest absolute Gasteiger partial charge is 0.399 e. The second-order valence-corrected chi connectivity index (χ2v) is 5.33. The van der Waals surface area contributed by atoms with Crippen LogP contribution >= 0.6 is 0 Å². The molecular formula is C17H14N4O. The van der Waals surface area contributed by atoms with E-state index in [1.807, 2.05) is 43.5 Å². The molecule has 2 aromatic carbocycles. The van der Waals surface area contributed by atoms with Crippen LogP contribution in [0.5, 0.6) is 0 Å². The lowest BCUT2D eigenvalue weighted by Gasteiger charge is -2.06. The molecule has 0 bridgehead atoms. The van der Waals surface area contributed by atoms with Crippen LogP contribution in [0.25, 0.3) is 21.9 Å². The molecule has 5 heteroatoms. The van der Waals surface area contributed by atoms with Crippen LogP contribution in [0.4, 0.5) is 5.69 Å². The van der Waals surface area contributed by atoms with Crippen LogP contribution in [0.1, 0.15) is 16.2 Å². The molecule has 4 rings (SSSR count). The quantitative estimate of drug-likeness (QED) is 0.529. The van der Waals surface area contributed by atoms with Crippen molar-refractivity contribution in [3.63, 3.8) is 0 Å². The average Bonchev–Trinajstić information content (AvgIpc) is 3.08. The number of imidazole rings is 1. The van der Waals surface area contributed by atoms with Gasteiger partial charge in [-0.2, -0.15) is 0 Å². The summed E-state index contributed by atoms with van der Waals surface area (Å²) >= 11 is 0. The van der Waals surface area contributed by atoms with Crippen molar-refractivity contribution in [1.82, 2.24) is 14.5 Å². The second kappa shape index (κ2) is 4.46. The molecule has 0 aliphatic heterocycles. The first-order valence-corrected chi connectivity index (χ1v) is 7.00. The topological polar surface area (TPSA) is 76.7 Å². The minimum atomic E-state index is -0.109. The van der Waals surface area contributed by atoms with Gasteiger partial charge in [-0.05, 0) is 48.7 Å². The number of nitrogen functional groups attached to an aromatic ring is 1. The number of fused-ring (bicyclic) bond motifs is 2. The van der Waals surface area contributed by atoms with E-state index in [0.717, 1.165) is 21.9 Å². The van der Waals surface area contributed by atoms with E-state index in [1.165, 1.54) is 0 Å². The number of H-pyrrole nitrogens is 1. The number of aromatic amines is 1. The number of nitrogens with two attached hydrogens (primary N) is 1. The number of hydrogen-bond donors (Lipinski definition) is 2. The monoisotopic (exact) mass is 290 g/mol. The van der Waals surface area contributed by atoms with Crippen molar-refractivity contribution >= 4 is 33.5 Å². The van der Waals surface area contributed by atoms with E-state index in [0.29, 0.717) is 17.1 Å². The first kappa shape index (κ1) is 12.6. The predicted octanol–water partition coefficient (Wildman–Crippen LogP) is 3.10. The normalized spacial score (nSPS) is 11.3. The number of hydrogen-bond acceptors (Lipinski definition) is 3. The summed E-state index contributed by atoms with van der Waals surface area (Å²) in [4.78, 5) is 20.4. The van der Waals surface area contributed by atoms with Crippen LogP contribution in [-0.2, 0) is 0 Å². The Bertz CT molecular complexity index is 1030. The Morgan fingerprint density at radius 3 is 2.91 bits per heavy atom. The van der Waals surface area contributed by atoms with Crippen LogP contribution in [0, 0.1) is 6.92 Å². The maximum absolute atomic E-state index is 12.9. The molecule has 2 aromatic heterocycles. The summed E-state index contributed by atoms with van der Waals surface area (Å²) < 4.78 is 1.61. The molecule has 4 aromatic rings. The SMILES string of the molecule is Cc1nc2ccc(N)cc2n1C(=O)c1ccc2cc[nH]c2c1. The van der Waals surface area contributed by atoms with E-state index in [9.17, 15) is 4.79 Å². The lowest BCUT2D eigenvalue weighted by atomic mass is 10.1. The average molecular weight is 290 g/mol. The molecule has 0 unspecified atom stereocenters. The van der Waals surface area contributed by atoms with Crippen molar-refractivity contribution in [2.45, 2.75) is 6.92 Å². The van der Waals surface area contributed by atoms with Gasteiger partial charge in [-0.25, -0.2) is 4.98 Å². The molecule has 0 amide bonds. The molecule has 0 aliphatic carbocycles. The molecule has 0 aliphatic rings. The van der Waals surface area contributed by atoms with Crippen molar-refractivity contribution in [3.05, 3.63) is 60.0 Å². The van der Waals surface area contributed by atoms with E-state index in [2.05, 4.69) is 9.97 Å². The fourth-order valence-electron chi connectivity index (χ4n) is 2.78. The molecule has 2 heterocycles. The Hall–Kier alpha value is -3.08. The summed E-state index contributed by atoms with van der Waals surface area (Å²) in [5.74, 6) is 0.541. The van der Waals surface area contributed by atoms with E-state index in [4.69, 9.17) is 5.73 Å². The van der Waals surface area contributed by atoms with Gasteiger partial charge in [0.15, 0.2) is 0 Å². The number of carbonyl (C=O) groups excluding carboxylic acids is 1. The summed E-state index contributed by atoms with van der Waals surface area (Å²) in [6.45, 7) is 1.82. The standard InChI is InChI=1S/C17H14N4O/c1-10-20-14-5-4-13(18)9-16(14)21(10)17(22)12-3-2-11-6-7-19-15(11)8-12/h2-9,19H,18H2,1H3. The minimum Gasteiger partial charge on any atom is -0.399 e. The maximum atomic E-state index is 12.9. The van der Waals surface area contributed by atoms with Gasteiger partial charge in [-0.3, -0.25) is 9.36 Å². The van der Waals surface area contributed by atoms with Crippen molar-refractivity contribution in [2.24, 2.45) is 0 Å². The summed E-state index contributed by atoms with van der Waals surface area (Å²) in [6.07, 6.45) is 1.86. The predicted molar refractivity (Wildman–Crippen MR) is 86.9 cm³/mol. The number of aromatic nitrogens is 3. The molecule has 0 fully saturated rings. The van der Waals surface area contributed by atoms with E-state index in [-0.39, 0.29) is 5.91 Å². The highest BCUT2D eigenvalue weighted by Gasteiger charge is 2.16. The van der Waals surface area contributed by atoms with Gasteiger partial charge in [0.25, 0.3) is 5.91 Å². The molecular weight excluding hydrogens is 276 g/mol. The molecule has 0 radical (unpaired) electrons. The van der Waals surface area contributed by atoms with E-state index in [1.54, 1.807) is 16.7 Å². The van der Waals surface area contributed by atoms with Crippen molar-refractivity contribution in [3.8, 4) is 0 Å². The molecule has 0 spiro atoms. The summed E-state index contributed by atoms with van der Waals surface area (Å²) in [7, 11) is 0. The van der Waals surface area contributed by atoms with E-state index >= 15 is 0 Å². The number of aryl methyl sites for hydroxylation is 1. The highest BCUT2D eigenvalue weighted by molar-refractivity contribution is 6.04. The minimum absolute atomic E-state index is 0.109. The van der Waals surface area contributed by atoms with Crippen LogP contribution < -0.4 is 5.73 Å². The maximum Gasteiger partial charge on any atom is 0.263 e. The van der Waals surface area contributed by atoms with Gasteiger partial charge >= 0.3 is 0 Å². The molecule has 0 saturated carbocycles. The van der Waals surface area contributed by atoms with Gasteiger partial charge in [0, 0.05) is 23.0 Å². The van der Waals surface area contributed by atoms with Gasteiger partial charge < -0.3 is 10.7 Å². The third-order valence-corrected chi connectivity index (χ3v) is 3.85. The highest BCUT2D eigenvalue weighted by atomic mass is 16.2. The summed E-state index contributed by atoms with van der Waals surface area (Å²) in [5.41, 5.74) is 9.50. The van der Waals surface area contributed by atoms with E-state index < -0.39 is 0 Å². The molecule has 3 N–H and O–H groups in total. The third-order valence-electron chi connectivity index (χ3n) is 3.85. The fourth-order valence-corrected chi connectivity index (χ4v) is 2.78. The van der Waals surface area contributed by atoms with Crippen LogP contribution in [0.2, 0.25) is 0 Å². The Balaban J connectivity index is 1.91. The summed E-state index contributed by atoms with van der Waals surface area (Å²) in [5, 5.41) is 1.08.